The molecule has 2 rings (SSSR count). The number of aromatic nitrogens is 4. The number of hydrogen-bond donors (Lipinski definition) is 1. The smallest absolute Gasteiger partial charge is 0.279 e. The van der Waals surface area contributed by atoms with E-state index in [0.29, 0.717) is 16.4 Å². The Hall–Kier alpha value is -1.63. The van der Waals surface area contributed by atoms with Crippen LogP contribution in [0.4, 0.5) is 5.82 Å². The summed E-state index contributed by atoms with van der Waals surface area (Å²) in [6, 6.07) is 0. The van der Waals surface area contributed by atoms with E-state index in [1.54, 1.807) is 24.3 Å². The van der Waals surface area contributed by atoms with Crippen molar-refractivity contribution in [1.29, 1.82) is 0 Å². The van der Waals surface area contributed by atoms with Crippen LogP contribution in [0.3, 0.4) is 0 Å². The van der Waals surface area contributed by atoms with Crippen molar-refractivity contribution < 1.29 is 0 Å². The number of nitrogens with two attached hydrogens (primary N) is 1. The Morgan fingerprint density at radius 1 is 1.43 bits per heavy atom. The van der Waals surface area contributed by atoms with Crippen LogP contribution in [0.5, 0.6) is 0 Å². The van der Waals surface area contributed by atoms with Crippen LogP contribution in [-0.4, -0.2) is 19.6 Å². The Morgan fingerprint density at radius 2 is 2.14 bits per heavy atom. The van der Waals surface area contributed by atoms with Gasteiger partial charge in [0.15, 0.2) is 5.01 Å². The molecule has 0 radical (unpaired) electrons. The summed E-state index contributed by atoms with van der Waals surface area (Å²) in [5.74, 6) is 0.411. The van der Waals surface area contributed by atoms with Crippen LogP contribution < -0.4 is 11.3 Å². The molecular weight excluding hydrogens is 202 g/mol. The second-order valence-corrected chi connectivity index (χ2v) is 3.69. The largest absolute Gasteiger partial charge is 0.383 e. The topological polar surface area (TPSA) is 78.7 Å². The Balaban J connectivity index is 2.77. The lowest BCUT2D eigenvalue weighted by Gasteiger charge is -1.99. The van der Waals surface area contributed by atoms with Crippen molar-refractivity contribution in [2.45, 2.75) is 0 Å². The minimum atomic E-state index is -0.151. The molecule has 2 N–H and O–H groups in total. The van der Waals surface area contributed by atoms with Crippen molar-refractivity contribution in [1.82, 2.24) is 19.6 Å². The zero-order valence-electron chi connectivity index (χ0n) is 7.76. The molecule has 2 aromatic rings. The van der Waals surface area contributed by atoms with Crippen molar-refractivity contribution >= 4 is 17.2 Å². The first kappa shape index (κ1) is 8.95. The molecule has 0 aromatic carbocycles. The van der Waals surface area contributed by atoms with Crippen molar-refractivity contribution in [3.63, 3.8) is 0 Å². The highest BCUT2D eigenvalue weighted by molar-refractivity contribution is 7.12. The number of rotatable bonds is 1. The number of nitrogen functional groups attached to an aromatic ring is 1. The Labute approximate surface area is 83.6 Å². The van der Waals surface area contributed by atoms with Crippen molar-refractivity contribution in [2.24, 2.45) is 14.1 Å². The van der Waals surface area contributed by atoms with E-state index < -0.39 is 0 Å². The van der Waals surface area contributed by atoms with Crippen LogP contribution in [0.1, 0.15) is 0 Å². The SMILES string of the molecule is Cn1c(N)c(-c2nncs2)c(=O)n1C. The highest BCUT2D eigenvalue weighted by Gasteiger charge is 2.17. The molecule has 0 amide bonds. The van der Waals surface area contributed by atoms with Gasteiger partial charge < -0.3 is 5.73 Å². The number of anilines is 1. The maximum Gasteiger partial charge on any atom is 0.279 e. The fourth-order valence-corrected chi connectivity index (χ4v) is 1.81. The molecule has 0 aliphatic rings. The molecule has 0 atom stereocenters. The molecule has 0 saturated carbocycles. The summed E-state index contributed by atoms with van der Waals surface area (Å²) in [6.07, 6.45) is 0. The number of hydrogen-bond acceptors (Lipinski definition) is 5. The summed E-state index contributed by atoms with van der Waals surface area (Å²) in [4.78, 5) is 11.7. The highest BCUT2D eigenvalue weighted by Crippen LogP contribution is 2.22. The van der Waals surface area contributed by atoms with Gasteiger partial charge >= 0.3 is 0 Å². The molecule has 7 heteroatoms. The van der Waals surface area contributed by atoms with E-state index in [0.717, 1.165) is 0 Å². The second-order valence-electron chi connectivity index (χ2n) is 2.86. The van der Waals surface area contributed by atoms with E-state index in [4.69, 9.17) is 5.73 Å². The van der Waals surface area contributed by atoms with Crippen LogP contribution in [0.25, 0.3) is 10.6 Å². The lowest BCUT2D eigenvalue weighted by Crippen LogP contribution is -2.17. The predicted octanol–water partition coefficient (Wildman–Crippen LogP) is -0.176. The third kappa shape index (κ3) is 1.06. The van der Waals surface area contributed by atoms with Crippen LogP contribution in [0.15, 0.2) is 10.3 Å². The normalized spacial score (nSPS) is 10.7. The molecule has 0 aliphatic carbocycles. The first-order valence-corrected chi connectivity index (χ1v) is 4.79. The van der Waals surface area contributed by atoms with Gasteiger partial charge in [-0.1, -0.05) is 11.3 Å². The van der Waals surface area contributed by atoms with E-state index in [-0.39, 0.29) is 5.56 Å². The standard InChI is InChI=1S/C7H9N5OS/c1-11-5(8)4(7(13)12(11)2)6-10-9-3-14-6/h3H,8H2,1-2H3. The molecule has 0 aliphatic heterocycles. The monoisotopic (exact) mass is 211 g/mol. The molecule has 0 saturated heterocycles. The van der Waals surface area contributed by atoms with Crippen LogP contribution in [0.2, 0.25) is 0 Å². The van der Waals surface area contributed by atoms with E-state index >= 15 is 0 Å². The Kier molecular flexibility index (Phi) is 1.88. The van der Waals surface area contributed by atoms with Gasteiger partial charge in [-0.05, 0) is 0 Å². The molecule has 2 aromatic heterocycles. The minimum Gasteiger partial charge on any atom is -0.383 e. The molecule has 0 fully saturated rings. The lowest BCUT2D eigenvalue weighted by atomic mass is 10.3. The van der Waals surface area contributed by atoms with Crippen LogP contribution in [0, 0.1) is 0 Å². The molecule has 6 nitrogen and oxygen atoms in total. The van der Waals surface area contributed by atoms with E-state index in [2.05, 4.69) is 10.2 Å². The summed E-state index contributed by atoms with van der Waals surface area (Å²) in [6.45, 7) is 0. The minimum absolute atomic E-state index is 0.151. The Morgan fingerprint density at radius 3 is 2.57 bits per heavy atom. The third-order valence-electron chi connectivity index (χ3n) is 2.14. The summed E-state index contributed by atoms with van der Waals surface area (Å²) in [5, 5.41) is 8.06. The van der Waals surface area contributed by atoms with Gasteiger partial charge in [0.05, 0.1) is 0 Å². The average molecular weight is 211 g/mol. The van der Waals surface area contributed by atoms with Gasteiger partial charge in [-0.15, -0.1) is 10.2 Å². The average Bonchev–Trinajstić information content (AvgIpc) is 2.73. The summed E-state index contributed by atoms with van der Waals surface area (Å²) < 4.78 is 3.02. The van der Waals surface area contributed by atoms with E-state index in [1.807, 2.05) is 0 Å². The zero-order chi connectivity index (χ0) is 10.3. The Bertz CT molecular complexity index is 509. The highest BCUT2D eigenvalue weighted by atomic mass is 32.1. The fraction of sp³-hybridized carbons (Fsp3) is 0.286. The van der Waals surface area contributed by atoms with Gasteiger partial charge in [-0.3, -0.25) is 14.2 Å². The molecule has 0 bridgehead atoms. The van der Waals surface area contributed by atoms with Crippen LogP contribution in [-0.2, 0) is 14.1 Å². The summed E-state index contributed by atoms with van der Waals surface area (Å²) in [7, 11) is 3.38. The van der Waals surface area contributed by atoms with E-state index in [1.165, 1.54) is 16.0 Å². The third-order valence-corrected chi connectivity index (χ3v) is 2.85. The van der Waals surface area contributed by atoms with Gasteiger partial charge in [0.25, 0.3) is 5.56 Å². The first-order chi connectivity index (χ1) is 6.63. The molecular formula is C7H9N5OS. The van der Waals surface area contributed by atoms with Gasteiger partial charge in [-0.2, -0.15) is 0 Å². The fourth-order valence-electron chi connectivity index (χ4n) is 1.21. The van der Waals surface area contributed by atoms with Crippen molar-refractivity contribution in [3.8, 4) is 10.6 Å². The summed E-state index contributed by atoms with van der Waals surface area (Å²) in [5.41, 5.74) is 7.62. The molecule has 0 unspecified atom stereocenters. The second kappa shape index (κ2) is 2.95. The van der Waals surface area contributed by atoms with Crippen molar-refractivity contribution in [2.75, 3.05) is 5.73 Å². The quantitative estimate of drug-likeness (QED) is 0.710. The van der Waals surface area contributed by atoms with Gasteiger partial charge in [0.2, 0.25) is 0 Å². The van der Waals surface area contributed by atoms with Gasteiger partial charge in [0, 0.05) is 14.1 Å². The number of nitrogens with zero attached hydrogens (tertiary/aromatic N) is 4. The maximum atomic E-state index is 11.7. The predicted molar refractivity (Wildman–Crippen MR) is 54.0 cm³/mol. The van der Waals surface area contributed by atoms with E-state index in [9.17, 15) is 4.79 Å². The van der Waals surface area contributed by atoms with Gasteiger partial charge in [0.1, 0.15) is 16.9 Å². The van der Waals surface area contributed by atoms with Crippen molar-refractivity contribution in [3.05, 3.63) is 15.9 Å². The zero-order valence-corrected chi connectivity index (χ0v) is 8.58. The maximum absolute atomic E-state index is 11.7. The van der Waals surface area contributed by atoms with Gasteiger partial charge in [-0.25, -0.2) is 0 Å². The molecule has 74 valence electrons. The molecule has 0 spiro atoms. The lowest BCUT2D eigenvalue weighted by molar-refractivity contribution is 0.586. The molecule has 14 heavy (non-hydrogen) atoms. The molecule has 2 heterocycles. The first-order valence-electron chi connectivity index (χ1n) is 3.91. The van der Waals surface area contributed by atoms with Crippen LogP contribution >= 0.6 is 11.3 Å². The summed E-state index contributed by atoms with van der Waals surface area (Å²) >= 11 is 1.30.